The fourth-order valence-electron chi connectivity index (χ4n) is 2.40. The maximum Gasteiger partial charge on any atom is 0.260 e. The van der Waals surface area contributed by atoms with Gasteiger partial charge in [0.25, 0.3) is 5.91 Å². The Morgan fingerprint density at radius 1 is 1.07 bits per heavy atom. The number of nitrogens with one attached hydrogen (secondary N) is 1. The Kier molecular flexibility index (Phi) is 6.63. The van der Waals surface area contributed by atoms with Crippen LogP contribution in [-0.2, 0) is 14.8 Å². The number of thiophene rings is 1. The summed E-state index contributed by atoms with van der Waals surface area (Å²) in [5.41, 5.74) is 2.70. The number of nitrogens with zero attached hydrogens (tertiary/aromatic N) is 2. The summed E-state index contributed by atoms with van der Waals surface area (Å²) < 4.78 is 31.1. The van der Waals surface area contributed by atoms with E-state index in [1.54, 1.807) is 24.3 Å². The van der Waals surface area contributed by atoms with Crippen molar-refractivity contribution in [2.24, 2.45) is 5.10 Å². The zero-order valence-electron chi connectivity index (χ0n) is 15.6. The molecule has 0 fully saturated rings. The first-order chi connectivity index (χ1) is 13.9. The molecule has 1 amide bonds. The topological polar surface area (TPSA) is 88.1 Å². The normalized spacial score (nSPS) is 11.3. The van der Waals surface area contributed by atoms with E-state index in [0.717, 1.165) is 15.4 Å². The van der Waals surface area contributed by atoms with Crippen LogP contribution < -0.4 is 14.5 Å². The van der Waals surface area contributed by atoms with Crippen molar-refractivity contribution in [3.8, 4) is 11.5 Å². The molecule has 0 aliphatic heterocycles. The van der Waals surface area contributed by atoms with E-state index in [-0.39, 0.29) is 6.54 Å². The Morgan fingerprint density at radius 3 is 2.38 bits per heavy atom. The first kappa shape index (κ1) is 20.6. The minimum atomic E-state index is -3.67. The van der Waals surface area contributed by atoms with Gasteiger partial charge >= 0.3 is 0 Å². The van der Waals surface area contributed by atoms with Crippen molar-refractivity contribution in [1.29, 1.82) is 0 Å². The van der Waals surface area contributed by atoms with Crippen molar-refractivity contribution in [3.05, 3.63) is 77.0 Å². The van der Waals surface area contributed by atoms with Gasteiger partial charge in [-0.3, -0.25) is 9.10 Å². The van der Waals surface area contributed by atoms with Crippen molar-refractivity contribution < 1.29 is 17.9 Å². The average Bonchev–Trinajstić information content (AvgIpc) is 3.20. The lowest BCUT2D eigenvalue weighted by molar-refractivity contribution is -0.119. The summed E-state index contributed by atoms with van der Waals surface area (Å²) in [4.78, 5) is 13.0. The van der Waals surface area contributed by atoms with Crippen molar-refractivity contribution in [2.45, 2.75) is 0 Å². The van der Waals surface area contributed by atoms with Crippen LogP contribution in [0.3, 0.4) is 0 Å². The highest BCUT2D eigenvalue weighted by atomic mass is 32.2. The molecule has 0 radical (unpaired) electrons. The highest BCUT2D eigenvalue weighted by Gasteiger charge is 2.20. The molecule has 0 aliphatic rings. The molecule has 0 saturated heterocycles. The number of rotatable bonds is 8. The molecule has 3 aromatic rings. The average molecular weight is 430 g/mol. The van der Waals surface area contributed by atoms with E-state index in [1.165, 1.54) is 17.6 Å². The molecule has 2 aromatic carbocycles. The number of para-hydroxylation sites is 1. The van der Waals surface area contributed by atoms with Crippen LogP contribution in [0.15, 0.2) is 77.2 Å². The van der Waals surface area contributed by atoms with Crippen LogP contribution in [0.1, 0.15) is 4.88 Å². The smallest absolute Gasteiger partial charge is 0.260 e. The van der Waals surface area contributed by atoms with Crippen molar-refractivity contribution in [1.82, 2.24) is 5.43 Å². The second-order valence-corrected chi connectivity index (χ2v) is 8.87. The molecule has 150 valence electrons. The van der Waals surface area contributed by atoms with E-state index in [2.05, 4.69) is 10.5 Å². The largest absolute Gasteiger partial charge is 0.457 e. The molecule has 1 aromatic heterocycles. The lowest BCUT2D eigenvalue weighted by Crippen LogP contribution is -2.38. The number of sulfonamides is 1. The standard InChI is InChI=1S/C20H19N3O4S2/c1-29(25,26)23(15-20(24)22-21-14-19-8-5-13-28-19)16-9-11-18(12-10-16)27-17-6-3-2-4-7-17/h2-14H,15H2,1H3,(H,22,24). The van der Waals surface area contributed by atoms with Crippen LogP contribution in [0.5, 0.6) is 11.5 Å². The predicted molar refractivity (Wildman–Crippen MR) is 115 cm³/mol. The van der Waals surface area contributed by atoms with Gasteiger partial charge in [0.1, 0.15) is 18.0 Å². The van der Waals surface area contributed by atoms with E-state index in [0.29, 0.717) is 17.2 Å². The van der Waals surface area contributed by atoms with Gasteiger partial charge in [-0.2, -0.15) is 5.10 Å². The molecule has 0 unspecified atom stereocenters. The number of hydrazone groups is 1. The Morgan fingerprint density at radius 2 is 1.76 bits per heavy atom. The van der Waals surface area contributed by atoms with E-state index >= 15 is 0 Å². The summed E-state index contributed by atoms with van der Waals surface area (Å²) in [6.45, 7) is -0.389. The second kappa shape index (κ2) is 9.35. The third-order valence-corrected chi connectivity index (χ3v) is 5.66. The number of ether oxygens (including phenoxy) is 1. The van der Waals surface area contributed by atoms with E-state index < -0.39 is 15.9 Å². The van der Waals surface area contributed by atoms with Crippen molar-refractivity contribution in [3.63, 3.8) is 0 Å². The Balaban J connectivity index is 1.67. The fourth-order valence-corrected chi connectivity index (χ4v) is 3.84. The number of anilines is 1. The lowest BCUT2D eigenvalue weighted by Gasteiger charge is -2.21. The summed E-state index contributed by atoms with van der Waals surface area (Å²) in [5.74, 6) is 0.675. The molecular weight excluding hydrogens is 410 g/mol. The van der Waals surface area contributed by atoms with Gasteiger partial charge in [-0.15, -0.1) is 11.3 Å². The van der Waals surface area contributed by atoms with Gasteiger partial charge in [0, 0.05) is 4.88 Å². The number of hydrogen-bond acceptors (Lipinski definition) is 6. The zero-order chi connectivity index (χ0) is 20.7. The summed E-state index contributed by atoms with van der Waals surface area (Å²) in [7, 11) is -3.67. The molecule has 0 bridgehead atoms. The molecule has 0 atom stereocenters. The number of hydrogen-bond donors (Lipinski definition) is 1. The van der Waals surface area contributed by atoms with E-state index in [4.69, 9.17) is 4.74 Å². The zero-order valence-corrected chi connectivity index (χ0v) is 17.2. The van der Waals surface area contributed by atoms with Crippen LogP contribution >= 0.6 is 11.3 Å². The van der Waals surface area contributed by atoms with Crippen molar-refractivity contribution >= 4 is 39.2 Å². The molecule has 1 heterocycles. The molecule has 0 spiro atoms. The summed E-state index contributed by atoms with van der Waals surface area (Å²) in [6, 6.07) is 19.4. The maximum absolute atomic E-state index is 12.2. The summed E-state index contributed by atoms with van der Waals surface area (Å²) in [5, 5.41) is 5.74. The Bertz CT molecular complexity index is 1060. The summed E-state index contributed by atoms with van der Waals surface area (Å²) >= 11 is 1.47. The van der Waals surface area contributed by atoms with Gasteiger partial charge in [0.2, 0.25) is 10.0 Å². The highest BCUT2D eigenvalue weighted by Crippen LogP contribution is 2.25. The van der Waals surface area contributed by atoms with Crippen LogP contribution in [0.2, 0.25) is 0 Å². The van der Waals surface area contributed by atoms with Crippen LogP contribution in [0.25, 0.3) is 0 Å². The van der Waals surface area contributed by atoms with E-state index in [1.807, 2.05) is 47.8 Å². The van der Waals surface area contributed by atoms with Gasteiger partial charge in [0.15, 0.2) is 0 Å². The second-order valence-electron chi connectivity index (χ2n) is 5.99. The quantitative estimate of drug-likeness (QED) is 0.439. The fraction of sp³-hybridized carbons (Fsp3) is 0.100. The summed E-state index contributed by atoms with van der Waals surface area (Å²) in [6.07, 6.45) is 2.55. The number of carbonyl (C=O) groups is 1. The molecule has 9 heteroatoms. The first-order valence-electron chi connectivity index (χ1n) is 8.58. The van der Waals surface area contributed by atoms with Gasteiger partial charge in [0.05, 0.1) is 18.2 Å². The van der Waals surface area contributed by atoms with Gasteiger partial charge in [-0.1, -0.05) is 24.3 Å². The minimum absolute atomic E-state index is 0.352. The number of benzene rings is 2. The van der Waals surface area contributed by atoms with Gasteiger partial charge in [-0.05, 0) is 47.8 Å². The molecule has 7 nitrogen and oxygen atoms in total. The predicted octanol–water partition coefficient (Wildman–Crippen LogP) is 3.46. The maximum atomic E-state index is 12.2. The molecule has 3 rings (SSSR count). The molecule has 0 saturated carbocycles. The Labute approximate surface area is 173 Å². The van der Waals surface area contributed by atoms with Crippen LogP contribution in [0, 0.1) is 0 Å². The number of amides is 1. The number of carbonyl (C=O) groups excluding carboxylic acids is 1. The minimum Gasteiger partial charge on any atom is -0.457 e. The third-order valence-electron chi connectivity index (χ3n) is 3.72. The van der Waals surface area contributed by atoms with Crippen LogP contribution in [-0.4, -0.2) is 33.3 Å². The highest BCUT2D eigenvalue weighted by molar-refractivity contribution is 7.92. The van der Waals surface area contributed by atoms with Gasteiger partial charge in [-0.25, -0.2) is 13.8 Å². The molecule has 1 N–H and O–H groups in total. The SMILES string of the molecule is CS(=O)(=O)N(CC(=O)NN=Cc1cccs1)c1ccc(Oc2ccccc2)cc1. The third kappa shape index (κ3) is 6.16. The van der Waals surface area contributed by atoms with Crippen LogP contribution in [0.4, 0.5) is 5.69 Å². The first-order valence-corrected chi connectivity index (χ1v) is 11.3. The van der Waals surface area contributed by atoms with Crippen molar-refractivity contribution in [2.75, 3.05) is 17.1 Å². The van der Waals surface area contributed by atoms with E-state index in [9.17, 15) is 13.2 Å². The lowest BCUT2D eigenvalue weighted by atomic mass is 10.3. The van der Waals surface area contributed by atoms with Gasteiger partial charge < -0.3 is 4.74 Å². The monoisotopic (exact) mass is 429 g/mol. The molecular formula is C20H19N3O4S2. The molecule has 0 aliphatic carbocycles. The molecule has 29 heavy (non-hydrogen) atoms. The Hall–Kier alpha value is -3.17.